The zero-order valence-corrected chi connectivity index (χ0v) is 18.1. The second-order valence-corrected chi connectivity index (χ2v) is 9.87. The first-order chi connectivity index (χ1) is 14.4. The van der Waals surface area contributed by atoms with Gasteiger partial charge in [-0.1, -0.05) is 35.9 Å². The molecular formula is C20H17ClFN3O3S2. The molecule has 0 spiro atoms. The Morgan fingerprint density at radius 3 is 2.37 bits per heavy atom. The lowest BCUT2D eigenvalue weighted by Gasteiger charge is -2.33. The van der Waals surface area contributed by atoms with Gasteiger partial charge >= 0.3 is 0 Å². The molecule has 0 bridgehead atoms. The quantitative estimate of drug-likeness (QED) is 0.588. The summed E-state index contributed by atoms with van der Waals surface area (Å²) in [5, 5.41) is 3.01. The maximum absolute atomic E-state index is 13.9. The summed E-state index contributed by atoms with van der Waals surface area (Å²) in [4.78, 5) is 18.4. The maximum atomic E-state index is 13.9. The van der Waals surface area contributed by atoms with E-state index < -0.39 is 15.8 Å². The van der Waals surface area contributed by atoms with Crippen molar-refractivity contribution in [2.45, 2.75) is 4.90 Å². The second-order valence-electron chi connectivity index (χ2n) is 6.67. The molecule has 1 aliphatic heterocycles. The number of benzene rings is 2. The molecule has 2 heterocycles. The number of sulfonamides is 1. The summed E-state index contributed by atoms with van der Waals surface area (Å²) in [6.45, 7) is 0.605. The summed E-state index contributed by atoms with van der Waals surface area (Å²) >= 11 is 7.26. The molecule has 0 aliphatic carbocycles. The molecule has 10 heteroatoms. The highest BCUT2D eigenvalue weighted by Crippen LogP contribution is 2.26. The second kappa shape index (κ2) is 8.43. The fourth-order valence-corrected chi connectivity index (χ4v) is 5.60. The highest BCUT2D eigenvalue weighted by molar-refractivity contribution is 7.89. The fourth-order valence-electron chi connectivity index (χ4n) is 3.18. The minimum absolute atomic E-state index is 0.0938. The van der Waals surface area contributed by atoms with Gasteiger partial charge in [-0.15, -0.1) is 11.3 Å². The van der Waals surface area contributed by atoms with Crippen molar-refractivity contribution < 1.29 is 17.6 Å². The highest BCUT2D eigenvalue weighted by atomic mass is 35.5. The van der Waals surface area contributed by atoms with Crippen molar-refractivity contribution in [3.8, 4) is 10.6 Å². The molecule has 0 saturated carbocycles. The van der Waals surface area contributed by atoms with E-state index in [0.717, 1.165) is 11.6 Å². The van der Waals surface area contributed by atoms with E-state index >= 15 is 0 Å². The van der Waals surface area contributed by atoms with E-state index in [1.165, 1.54) is 33.8 Å². The van der Waals surface area contributed by atoms with Crippen molar-refractivity contribution >= 4 is 38.9 Å². The lowest BCUT2D eigenvalue weighted by molar-refractivity contribution is 0.0692. The average Bonchev–Trinajstić information content (AvgIpc) is 3.24. The van der Waals surface area contributed by atoms with Crippen LogP contribution >= 0.6 is 22.9 Å². The summed E-state index contributed by atoms with van der Waals surface area (Å²) < 4.78 is 40.6. The third-order valence-electron chi connectivity index (χ3n) is 4.79. The Morgan fingerprint density at radius 1 is 1.03 bits per heavy atom. The van der Waals surface area contributed by atoms with Crippen LogP contribution in [0.4, 0.5) is 4.39 Å². The minimum Gasteiger partial charge on any atom is -0.335 e. The van der Waals surface area contributed by atoms with Gasteiger partial charge in [0.15, 0.2) is 0 Å². The summed E-state index contributed by atoms with van der Waals surface area (Å²) in [7, 11) is -3.95. The Bertz CT molecular complexity index is 1170. The van der Waals surface area contributed by atoms with Crippen LogP contribution in [0.1, 0.15) is 10.5 Å². The maximum Gasteiger partial charge on any atom is 0.273 e. The number of aromatic nitrogens is 1. The van der Waals surface area contributed by atoms with Crippen LogP contribution in [0.15, 0.2) is 58.8 Å². The molecule has 1 fully saturated rings. The van der Waals surface area contributed by atoms with Gasteiger partial charge in [-0.05, 0) is 24.3 Å². The summed E-state index contributed by atoms with van der Waals surface area (Å²) in [5.74, 6) is -1.04. The molecule has 1 aliphatic rings. The number of carbonyl (C=O) groups is 1. The topological polar surface area (TPSA) is 70.6 Å². The Balaban J connectivity index is 1.44. The molecular weight excluding hydrogens is 449 g/mol. The van der Waals surface area contributed by atoms with Crippen LogP contribution in [0.25, 0.3) is 10.6 Å². The lowest BCUT2D eigenvalue weighted by Crippen LogP contribution is -2.50. The molecule has 1 aromatic heterocycles. The van der Waals surface area contributed by atoms with Crippen molar-refractivity contribution in [1.29, 1.82) is 0 Å². The van der Waals surface area contributed by atoms with Crippen LogP contribution in [-0.2, 0) is 10.0 Å². The van der Waals surface area contributed by atoms with Crippen LogP contribution < -0.4 is 0 Å². The fraction of sp³-hybridized carbons (Fsp3) is 0.200. The van der Waals surface area contributed by atoms with Gasteiger partial charge in [0, 0.05) is 42.1 Å². The number of rotatable bonds is 4. The predicted octanol–water partition coefficient (Wildman–Crippen LogP) is 3.75. The first kappa shape index (κ1) is 20.9. The molecule has 1 amide bonds. The van der Waals surface area contributed by atoms with Gasteiger partial charge < -0.3 is 4.90 Å². The minimum atomic E-state index is -3.95. The first-order valence-corrected chi connectivity index (χ1v) is 11.8. The number of hydrogen-bond acceptors (Lipinski definition) is 5. The van der Waals surface area contributed by atoms with E-state index in [4.69, 9.17) is 11.6 Å². The van der Waals surface area contributed by atoms with Gasteiger partial charge in [0.25, 0.3) is 5.91 Å². The Morgan fingerprint density at radius 2 is 1.70 bits per heavy atom. The number of halogens is 2. The molecule has 1 saturated heterocycles. The molecule has 2 aromatic carbocycles. The molecule has 0 N–H and O–H groups in total. The Labute approximate surface area is 182 Å². The third-order valence-corrected chi connectivity index (χ3v) is 7.87. The molecule has 156 valence electrons. The van der Waals surface area contributed by atoms with E-state index in [9.17, 15) is 17.6 Å². The molecule has 0 radical (unpaired) electrons. The number of nitrogens with zero attached hydrogens (tertiary/aromatic N) is 3. The smallest absolute Gasteiger partial charge is 0.273 e. The van der Waals surface area contributed by atoms with Crippen LogP contribution in [0.2, 0.25) is 5.02 Å². The zero-order valence-electron chi connectivity index (χ0n) is 15.7. The average molecular weight is 466 g/mol. The predicted molar refractivity (Wildman–Crippen MR) is 114 cm³/mol. The SMILES string of the molecule is O=C(c1csc(-c2ccc(Cl)cc2)n1)N1CCN(S(=O)(=O)c2ccccc2F)CC1. The largest absolute Gasteiger partial charge is 0.335 e. The molecule has 3 aromatic rings. The summed E-state index contributed by atoms with van der Waals surface area (Å²) in [6.07, 6.45) is 0. The van der Waals surface area contributed by atoms with E-state index in [2.05, 4.69) is 4.98 Å². The Hall–Kier alpha value is -2.33. The number of hydrogen-bond donors (Lipinski definition) is 0. The highest BCUT2D eigenvalue weighted by Gasteiger charge is 2.32. The summed E-state index contributed by atoms with van der Waals surface area (Å²) in [5.41, 5.74) is 1.18. The van der Waals surface area contributed by atoms with Gasteiger partial charge in [-0.25, -0.2) is 17.8 Å². The normalized spacial score (nSPS) is 15.3. The van der Waals surface area contributed by atoms with E-state index in [-0.39, 0.29) is 37.0 Å². The van der Waals surface area contributed by atoms with Gasteiger partial charge in [0.2, 0.25) is 10.0 Å². The van der Waals surface area contributed by atoms with Crippen molar-refractivity contribution in [3.63, 3.8) is 0 Å². The Kier molecular flexibility index (Phi) is 5.88. The number of piperazine rings is 1. The summed E-state index contributed by atoms with van der Waals surface area (Å²) in [6, 6.07) is 12.5. The van der Waals surface area contributed by atoms with Crippen LogP contribution in [0.3, 0.4) is 0 Å². The molecule has 0 unspecified atom stereocenters. The molecule has 4 rings (SSSR count). The van der Waals surface area contributed by atoms with Crippen LogP contribution in [0, 0.1) is 5.82 Å². The van der Waals surface area contributed by atoms with Crippen molar-refractivity contribution in [3.05, 3.63) is 70.4 Å². The van der Waals surface area contributed by atoms with Gasteiger partial charge in [-0.3, -0.25) is 4.79 Å². The molecule has 6 nitrogen and oxygen atoms in total. The number of thiazole rings is 1. The van der Waals surface area contributed by atoms with E-state index in [1.807, 2.05) is 12.1 Å². The van der Waals surface area contributed by atoms with Crippen molar-refractivity contribution in [2.75, 3.05) is 26.2 Å². The standard InChI is InChI=1S/C20H17ClFN3O3S2/c21-15-7-5-14(6-8-15)19-23-17(13-29-19)20(26)24-9-11-25(12-10-24)30(27,28)18-4-2-1-3-16(18)22/h1-8,13H,9-12H2. The van der Waals surface area contributed by atoms with Crippen molar-refractivity contribution in [2.24, 2.45) is 0 Å². The number of carbonyl (C=O) groups excluding carboxylic acids is 1. The third kappa shape index (κ3) is 4.11. The first-order valence-electron chi connectivity index (χ1n) is 9.12. The van der Waals surface area contributed by atoms with Gasteiger partial charge in [-0.2, -0.15) is 4.31 Å². The van der Waals surface area contributed by atoms with Gasteiger partial charge in [0.05, 0.1) is 0 Å². The lowest BCUT2D eigenvalue weighted by atomic mass is 10.2. The van der Waals surface area contributed by atoms with Gasteiger partial charge in [0.1, 0.15) is 21.4 Å². The molecule has 30 heavy (non-hydrogen) atoms. The van der Waals surface area contributed by atoms with E-state index in [1.54, 1.807) is 22.4 Å². The van der Waals surface area contributed by atoms with E-state index in [0.29, 0.717) is 15.7 Å². The monoisotopic (exact) mass is 465 g/mol. The molecule has 0 atom stereocenters. The van der Waals surface area contributed by atoms with Crippen molar-refractivity contribution in [1.82, 2.24) is 14.2 Å². The number of amides is 1. The zero-order chi connectivity index (χ0) is 21.3. The van der Waals surface area contributed by atoms with Crippen LogP contribution in [-0.4, -0.2) is 54.7 Å². The van der Waals surface area contributed by atoms with Crippen LogP contribution in [0.5, 0.6) is 0 Å².